The summed E-state index contributed by atoms with van der Waals surface area (Å²) in [7, 11) is 1.20. The molecule has 1 atom stereocenters. The van der Waals surface area contributed by atoms with E-state index in [1.54, 1.807) is 12.1 Å². The van der Waals surface area contributed by atoms with Crippen molar-refractivity contribution < 1.29 is 9.53 Å². The molecule has 0 bridgehead atoms. The van der Waals surface area contributed by atoms with Gasteiger partial charge in [0.25, 0.3) is 0 Å². The van der Waals surface area contributed by atoms with Gasteiger partial charge in [-0.1, -0.05) is 34.4 Å². The molecule has 0 saturated carbocycles. The summed E-state index contributed by atoms with van der Waals surface area (Å²) in [5.74, 6) is -0.680. The predicted octanol–water partition coefficient (Wildman–Crippen LogP) is 2.84. The highest BCUT2D eigenvalue weighted by molar-refractivity contribution is 6.35. The van der Waals surface area contributed by atoms with E-state index in [-0.39, 0.29) is 6.42 Å². The van der Waals surface area contributed by atoms with Gasteiger partial charge < -0.3 is 4.74 Å². The predicted molar refractivity (Wildman–Crippen MR) is 61.8 cm³/mol. The second-order valence-corrected chi connectivity index (χ2v) is 3.93. The van der Waals surface area contributed by atoms with Crippen LogP contribution in [0.2, 0.25) is 10.0 Å². The van der Waals surface area contributed by atoms with Crippen LogP contribution in [-0.2, 0) is 16.0 Å². The molecule has 0 aliphatic heterocycles. The van der Waals surface area contributed by atoms with E-state index < -0.39 is 12.0 Å². The van der Waals surface area contributed by atoms with Gasteiger partial charge in [0.2, 0.25) is 0 Å². The topological polar surface area (TPSA) is 55.7 Å². The number of esters is 1. The summed E-state index contributed by atoms with van der Waals surface area (Å²) in [6.07, 6.45) is 0.103. The van der Waals surface area contributed by atoms with Gasteiger partial charge in [0.15, 0.2) is 6.04 Å². The molecular formula is C10H9Cl2NO3. The number of nitroso groups, excluding NO2 is 1. The van der Waals surface area contributed by atoms with Crippen LogP contribution in [0, 0.1) is 4.91 Å². The first kappa shape index (κ1) is 12.9. The van der Waals surface area contributed by atoms with Gasteiger partial charge in [-0.25, -0.2) is 4.79 Å². The maximum atomic E-state index is 11.1. The molecule has 0 heterocycles. The molecule has 6 heteroatoms. The summed E-state index contributed by atoms with van der Waals surface area (Å²) in [5, 5.41) is 3.58. The van der Waals surface area contributed by atoms with E-state index in [0.717, 1.165) is 0 Å². The number of methoxy groups -OCH3 is 1. The summed E-state index contributed by atoms with van der Waals surface area (Å²) >= 11 is 11.6. The molecule has 1 rings (SSSR count). The van der Waals surface area contributed by atoms with Crippen LogP contribution >= 0.6 is 23.2 Å². The SMILES string of the molecule is COC(=O)C(Cc1ccc(Cl)cc1Cl)N=O. The fourth-order valence-electron chi connectivity index (χ4n) is 1.20. The molecule has 1 aromatic rings. The summed E-state index contributed by atoms with van der Waals surface area (Å²) in [6, 6.07) is 3.73. The van der Waals surface area contributed by atoms with Crippen LogP contribution < -0.4 is 0 Å². The minimum atomic E-state index is -1.08. The van der Waals surface area contributed by atoms with Gasteiger partial charge in [-0.2, -0.15) is 0 Å². The molecule has 0 aromatic heterocycles. The minimum absolute atomic E-state index is 0.103. The van der Waals surface area contributed by atoms with Crippen molar-refractivity contribution in [3.63, 3.8) is 0 Å². The second-order valence-electron chi connectivity index (χ2n) is 3.08. The zero-order chi connectivity index (χ0) is 12.1. The number of rotatable bonds is 4. The van der Waals surface area contributed by atoms with Crippen molar-refractivity contribution in [2.45, 2.75) is 12.5 Å². The number of carbonyl (C=O) groups is 1. The normalized spacial score (nSPS) is 11.9. The van der Waals surface area contributed by atoms with Crippen molar-refractivity contribution in [2.75, 3.05) is 7.11 Å². The van der Waals surface area contributed by atoms with Crippen LogP contribution in [0.1, 0.15) is 5.56 Å². The molecule has 0 amide bonds. The first-order valence-corrected chi connectivity index (χ1v) is 5.18. The Morgan fingerprint density at radius 3 is 2.69 bits per heavy atom. The van der Waals surface area contributed by atoms with E-state index >= 15 is 0 Å². The Labute approximate surface area is 102 Å². The number of nitrogens with zero attached hydrogens (tertiary/aromatic N) is 1. The summed E-state index contributed by atoms with van der Waals surface area (Å²) in [4.78, 5) is 21.6. The Morgan fingerprint density at radius 1 is 1.50 bits per heavy atom. The summed E-state index contributed by atoms with van der Waals surface area (Å²) in [5.41, 5.74) is 0.626. The van der Waals surface area contributed by atoms with Gasteiger partial charge >= 0.3 is 5.97 Å². The van der Waals surface area contributed by atoms with Crippen molar-refractivity contribution in [2.24, 2.45) is 5.18 Å². The van der Waals surface area contributed by atoms with Crippen LogP contribution in [0.4, 0.5) is 0 Å². The molecule has 0 aliphatic rings. The Balaban J connectivity index is 2.86. The fraction of sp³-hybridized carbons (Fsp3) is 0.300. The molecule has 4 nitrogen and oxygen atoms in total. The maximum Gasteiger partial charge on any atom is 0.334 e. The minimum Gasteiger partial charge on any atom is -0.467 e. The van der Waals surface area contributed by atoms with Crippen LogP contribution in [0.3, 0.4) is 0 Å². The van der Waals surface area contributed by atoms with Gasteiger partial charge in [-0.3, -0.25) is 0 Å². The molecule has 1 aromatic carbocycles. The largest absolute Gasteiger partial charge is 0.467 e. The lowest BCUT2D eigenvalue weighted by Gasteiger charge is -2.08. The van der Waals surface area contributed by atoms with Crippen molar-refractivity contribution in [1.29, 1.82) is 0 Å². The Morgan fingerprint density at radius 2 is 2.19 bits per heavy atom. The summed E-state index contributed by atoms with van der Waals surface area (Å²) in [6.45, 7) is 0. The highest BCUT2D eigenvalue weighted by Crippen LogP contribution is 2.22. The van der Waals surface area contributed by atoms with Gasteiger partial charge in [0.05, 0.1) is 7.11 Å². The summed E-state index contributed by atoms with van der Waals surface area (Å²) < 4.78 is 4.44. The first-order chi connectivity index (χ1) is 7.58. The van der Waals surface area contributed by atoms with Crippen LogP contribution in [0.15, 0.2) is 23.4 Å². The van der Waals surface area contributed by atoms with E-state index in [4.69, 9.17) is 23.2 Å². The molecule has 0 fully saturated rings. The fourth-order valence-corrected chi connectivity index (χ4v) is 1.68. The smallest absolute Gasteiger partial charge is 0.334 e. The van der Waals surface area contributed by atoms with E-state index in [1.165, 1.54) is 13.2 Å². The third-order valence-electron chi connectivity index (χ3n) is 2.03. The number of hydrogen-bond donors (Lipinski definition) is 0. The van der Waals surface area contributed by atoms with Crippen LogP contribution in [-0.4, -0.2) is 19.1 Å². The molecule has 0 saturated heterocycles. The Kier molecular flexibility index (Phi) is 4.71. The van der Waals surface area contributed by atoms with Crippen molar-refractivity contribution in [3.05, 3.63) is 38.7 Å². The van der Waals surface area contributed by atoms with Crippen molar-refractivity contribution in [1.82, 2.24) is 0 Å². The van der Waals surface area contributed by atoms with Crippen LogP contribution in [0.25, 0.3) is 0 Å². The van der Waals surface area contributed by atoms with Gasteiger partial charge in [-0.05, 0) is 17.7 Å². The van der Waals surface area contributed by atoms with Crippen LogP contribution in [0.5, 0.6) is 0 Å². The van der Waals surface area contributed by atoms with E-state index in [0.29, 0.717) is 15.6 Å². The van der Waals surface area contributed by atoms with Crippen molar-refractivity contribution in [3.8, 4) is 0 Å². The molecule has 0 spiro atoms. The average Bonchev–Trinajstić information content (AvgIpc) is 2.27. The van der Waals surface area contributed by atoms with E-state index in [2.05, 4.69) is 9.91 Å². The Bertz CT molecular complexity index is 409. The van der Waals surface area contributed by atoms with E-state index in [1.807, 2.05) is 0 Å². The highest BCUT2D eigenvalue weighted by atomic mass is 35.5. The monoisotopic (exact) mass is 261 g/mol. The molecule has 16 heavy (non-hydrogen) atoms. The second kappa shape index (κ2) is 5.82. The standard InChI is InChI=1S/C10H9Cl2NO3/c1-16-10(14)9(13-15)4-6-2-3-7(11)5-8(6)12/h2-3,5,9H,4H2,1H3. The first-order valence-electron chi connectivity index (χ1n) is 4.42. The maximum absolute atomic E-state index is 11.1. The third kappa shape index (κ3) is 3.18. The zero-order valence-corrected chi connectivity index (χ0v) is 9.96. The molecular weight excluding hydrogens is 253 g/mol. The lowest BCUT2D eigenvalue weighted by Crippen LogP contribution is -2.22. The number of hydrogen-bond acceptors (Lipinski definition) is 4. The number of ether oxygens (including phenoxy) is 1. The zero-order valence-electron chi connectivity index (χ0n) is 8.44. The van der Waals surface area contributed by atoms with Gasteiger partial charge in [0.1, 0.15) is 0 Å². The molecule has 0 N–H and O–H groups in total. The van der Waals surface area contributed by atoms with Gasteiger partial charge in [-0.15, -0.1) is 4.91 Å². The lowest BCUT2D eigenvalue weighted by molar-refractivity contribution is -0.142. The van der Waals surface area contributed by atoms with Gasteiger partial charge in [0, 0.05) is 16.5 Å². The number of benzene rings is 1. The lowest BCUT2D eigenvalue weighted by atomic mass is 10.1. The molecule has 1 unspecified atom stereocenters. The third-order valence-corrected chi connectivity index (χ3v) is 2.62. The van der Waals surface area contributed by atoms with Crippen molar-refractivity contribution >= 4 is 29.2 Å². The highest BCUT2D eigenvalue weighted by Gasteiger charge is 2.21. The molecule has 86 valence electrons. The molecule has 0 aliphatic carbocycles. The number of carbonyl (C=O) groups excluding carboxylic acids is 1. The Hall–Kier alpha value is -1.13. The quantitative estimate of drug-likeness (QED) is 0.619. The van der Waals surface area contributed by atoms with E-state index in [9.17, 15) is 9.70 Å². The molecule has 0 radical (unpaired) electrons. The number of halogens is 2. The average molecular weight is 262 g/mol.